The molecule has 1 aliphatic heterocycles. The van der Waals surface area contributed by atoms with Gasteiger partial charge < -0.3 is 19.1 Å². The van der Waals surface area contributed by atoms with Gasteiger partial charge in [-0.05, 0) is 39.2 Å². The number of hydrogen-bond acceptors (Lipinski definition) is 5. The second-order valence-electron chi connectivity index (χ2n) is 5.71. The molecular formula is C18H22N2O3. The van der Waals surface area contributed by atoms with Crippen LogP contribution in [-0.4, -0.2) is 50.8 Å². The SMILES string of the molecule is CCOc1cc(-c2cc3cc-3n2)c(OC)cc1OCCN(C)C. The summed E-state index contributed by atoms with van der Waals surface area (Å²) in [5.74, 6) is 2.16. The summed E-state index contributed by atoms with van der Waals surface area (Å²) >= 11 is 0. The van der Waals surface area contributed by atoms with Crippen LogP contribution in [0, 0.1) is 0 Å². The fraction of sp³-hybridized carbons (Fsp3) is 0.389. The highest BCUT2D eigenvalue weighted by atomic mass is 16.5. The number of rotatable bonds is 8. The zero-order valence-electron chi connectivity index (χ0n) is 14.0. The van der Waals surface area contributed by atoms with E-state index in [2.05, 4.69) is 22.0 Å². The molecule has 0 N–H and O–H groups in total. The molecule has 5 nitrogen and oxygen atoms in total. The molecule has 1 aliphatic carbocycles. The summed E-state index contributed by atoms with van der Waals surface area (Å²) in [7, 11) is 5.69. The molecule has 0 unspecified atom stereocenters. The van der Waals surface area contributed by atoms with E-state index in [9.17, 15) is 0 Å². The lowest BCUT2D eigenvalue weighted by atomic mass is 10.1. The first-order chi connectivity index (χ1) is 11.1. The number of pyridine rings is 1. The van der Waals surface area contributed by atoms with Gasteiger partial charge in [-0.15, -0.1) is 0 Å². The molecule has 3 rings (SSSR count). The Kier molecular flexibility index (Phi) is 4.39. The van der Waals surface area contributed by atoms with Crippen molar-refractivity contribution in [3.63, 3.8) is 0 Å². The highest BCUT2D eigenvalue weighted by Crippen LogP contribution is 2.43. The van der Waals surface area contributed by atoms with E-state index < -0.39 is 0 Å². The highest BCUT2D eigenvalue weighted by molar-refractivity contribution is 5.85. The van der Waals surface area contributed by atoms with Gasteiger partial charge in [0.1, 0.15) is 12.4 Å². The quantitative estimate of drug-likeness (QED) is 0.639. The molecule has 0 saturated carbocycles. The number of benzene rings is 1. The van der Waals surface area contributed by atoms with Crippen molar-refractivity contribution in [3.8, 4) is 39.8 Å². The van der Waals surface area contributed by atoms with E-state index in [1.807, 2.05) is 33.2 Å². The minimum Gasteiger partial charge on any atom is -0.496 e. The van der Waals surface area contributed by atoms with Crippen LogP contribution in [0.3, 0.4) is 0 Å². The van der Waals surface area contributed by atoms with Crippen LogP contribution in [0.2, 0.25) is 0 Å². The van der Waals surface area contributed by atoms with Crippen LogP contribution >= 0.6 is 0 Å². The van der Waals surface area contributed by atoms with Gasteiger partial charge >= 0.3 is 0 Å². The summed E-state index contributed by atoms with van der Waals surface area (Å²) in [5.41, 5.74) is 4.10. The lowest BCUT2D eigenvalue weighted by Crippen LogP contribution is -2.19. The summed E-state index contributed by atoms with van der Waals surface area (Å²) in [6, 6.07) is 7.96. The van der Waals surface area contributed by atoms with Crippen LogP contribution in [0.25, 0.3) is 22.5 Å². The molecule has 0 spiro atoms. The molecular weight excluding hydrogens is 292 g/mol. The maximum atomic E-state index is 5.88. The van der Waals surface area contributed by atoms with E-state index in [4.69, 9.17) is 14.2 Å². The Balaban J connectivity index is 1.91. The maximum absolute atomic E-state index is 5.88. The molecule has 1 aromatic rings. The Hall–Kier alpha value is -2.27. The van der Waals surface area contributed by atoms with Gasteiger partial charge in [0, 0.05) is 23.7 Å². The summed E-state index contributed by atoms with van der Waals surface area (Å²) in [5, 5.41) is 0. The number of nitrogens with zero attached hydrogens (tertiary/aromatic N) is 2. The Morgan fingerprint density at radius 3 is 2.30 bits per heavy atom. The fourth-order valence-corrected chi connectivity index (χ4v) is 2.40. The van der Waals surface area contributed by atoms with Gasteiger partial charge in [0.2, 0.25) is 0 Å². The number of aromatic nitrogens is 1. The van der Waals surface area contributed by atoms with Gasteiger partial charge in [-0.2, -0.15) is 0 Å². The number of hydrogen-bond donors (Lipinski definition) is 0. The molecule has 0 radical (unpaired) electrons. The Morgan fingerprint density at radius 2 is 1.70 bits per heavy atom. The van der Waals surface area contributed by atoms with E-state index in [0.29, 0.717) is 19.0 Å². The van der Waals surface area contributed by atoms with Crippen molar-refractivity contribution < 1.29 is 14.2 Å². The highest BCUT2D eigenvalue weighted by Gasteiger charge is 2.21. The molecule has 0 fully saturated rings. The van der Waals surface area contributed by atoms with Crippen molar-refractivity contribution in [3.05, 3.63) is 24.3 Å². The number of likely N-dealkylation sites (N-methyl/N-ethyl adjacent to an activating group) is 1. The summed E-state index contributed by atoms with van der Waals surface area (Å²) < 4.78 is 17.2. The standard InChI is InChI=1S/C18H22N2O3/c1-5-22-17-10-13(15-9-12-8-14(12)19-15)16(21-4)11-18(17)23-7-6-20(2)3/h8-11H,5-7H2,1-4H3. The Labute approximate surface area is 136 Å². The van der Waals surface area contributed by atoms with Crippen LogP contribution in [0.5, 0.6) is 17.2 Å². The zero-order valence-corrected chi connectivity index (χ0v) is 14.0. The van der Waals surface area contributed by atoms with Gasteiger partial charge in [-0.1, -0.05) is 0 Å². The lowest BCUT2D eigenvalue weighted by molar-refractivity contribution is 0.243. The smallest absolute Gasteiger partial charge is 0.164 e. The van der Waals surface area contributed by atoms with Gasteiger partial charge in [0.15, 0.2) is 11.5 Å². The molecule has 0 aromatic heterocycles. The van der Waals surface area contributed by atoms with Crippen LogP contribution in [0.4, 0.5) is 0 Å². The fourth-order valence-electron chi connectivity index (χ4n) is 2.40. The second kappa shape index (κ2) is 6.46. The lowest BCUT2D eigenvalue weighted by Gasteiger charge is -2.17. The molecule has 0 amide bonds. The van der Waals surface area contributed by atoms with Crippen molar-refractivity contribution in [2.45, 2.75) is 6.92 Å². The molecule has 1 aromatic carbocycles. The number of fused-ring (bicyclic) bond motifs is 1. The van der Waals surface area contributed by atoms with E-state index in [1.165, 1.54) is 5.56 Å². The summed E-state index contributed by atoms with van der Waals surface area (Å²) in [4.78, 5) is 6.63. The average molecular weight is 314 g/mol. The monoisotopic (exact) mass is 314 g/mol. The largest absolute Gasteiger partial charge is 0.496 e. The topological polar surface area (TPSA) is 43.8 Å². The molecule has 1 heterocycles. The van der Waals surface area contributed by atoms with Crippen LogP contribution in [0.1, 0.15) is 6.92 Å². The van der Waals surface area contributed by atoms with E-state index >= 15 is 0 Å². The van der Waals surface area contributed by atoms with Gasteiger partial charge in [0.25, 0.3) is 0 Å². The van der Waals surface area contributed by atoms with Gasteiger partial charge in [-0.25, -0.2) is 4.98 Å². The summed E-state index contributed by atoms with van der Waals surface area (Å²) in [6.07, 6.45) is 0. The summed E-state index contributed by atoms with van der Waals surface area (Å²) in [6.45, 7) is 3.97. The van der Waals surface area contributed by atoms with Crippen molar-refractivity contribution >= 4 is 0 Å². The third-order valence-electron chi connectivity index (χ3n) is 3.68. The Bertz CT molecular complexity index is 693. The van der Waals surface area contributed by atoms with Crippen molar-refractivity contribution in [1.82, 2.24) is 9.88 Å². The predicted octanol–water partition coefficient (Wildman–Crippen LogP) is 3.08. The first kappa shape index (κ1) is 15.6. The third-order valence-corrected chi connectivity index (χ3v) is 3.68. The van der Waals surface area contributed by atoms with E-state index in [1.54, 1.807) is 7.11 Å². The minimum absolute atomic E-state index is 0.578. The molecule has 122 valence electrons. The van der Waals surface area contributed by atoms with Crippen LogP contribution < -0.4 is 14.2 Å². The second-order valence-corrected chi connectivity index (χ2v) is 5.71. The van der Waals surface area contributed by atoms with Gasteiger partial charge in [0.05, 0.1) is 25.1 Å². The molecule has 0 saturated heterocycles. The number of ether oxygens (including phenoxy) is 3. The predicted molar refractivity (Wildman–Crippen MR) is 90.4 cm³/mol. The number of methoxy groups -OCH3 is 1. The minimum atomic E-state index is 0.578. The molecule has 0 atom stereocenters. The van der Waals surface area contributed by atoms with Crippen molar-refractivity contribution in [2.24, 2.45) is 0 Å². The zero-order chi connectivity index (χ0) is 16.4. The molecule has 2 aliphatic rings. The van der Waals surface area contributed by atoms with Crippen molar-refractivity contribution in [2.75, 3.05) is 41.0 Å². The van der Waals surface area contributed by atoms with E-state index in [0.717, 1.165) is 35.0 Å². The van der Waals surface area contributed by atoms with Crippen molar-refractivity contribution in [1.29, 1.82) is 0 Å². The van der Waals surface area contributed by atoms with Gasteiger partial charge in [-0.3, -0.25) is 0 Å². The normalized spacial score (nSPS) is 11.5. The third kappa shape index (κ3) is 3.40. The molecule has 0 bridgehead atoms. The first-order valence-electron chi connectivity index (χ1n) is 7.77. The average Bonchev–Trinajstić information content (AvgIpc) is 3.14. The molecule has 23 heavy (non-hydrogen) atoms. The van der Waals surface area contributed by atoms with Crippen LogP contribution in [-0.2, 0) is 0 Å². The Morgan fingerprint density at radius 1 is 0.957 bits per heavy atom. The van der Waals surface area contributed by atoms with E-state index in [-0.39, 0.29) is 0 Å². The van der Waals surface area contributed by atoms with Crippen LogP contribution in [0.15, 0.2) is 24.3 Å². The first-order valence-corrected chi connectivity index (χ1v) is 7.77. The molecule has 5 heteroatoms. The maximum Gasteiger partial charge on any atom is 0.164 e.